The second kappa shape index (κ2) is 7.82. The third kappa shape index (κ3) is 4.39. The standard InChI is InChI=1S/C21H26N2O3S/c1-15-4-8-20(9-5-15)27(25,26)23-12-10-19(11-13-23)22-21(24)18-7-6-16(2)17(3)14-18/h4-9,14,19H,10-13H2,1-3H3,(H,22,24). The minimum Gasteiger partial charge on any atom is -0.349 e. The molecule has 0 aromatic heterocycles. The average Bonchev–Trinajstić information content (AvgIpc) is 2.64. The summed E-state index contributed by atoms with van der Waals surface area (Å²) in [5.41, 5.74) is 3.91. The van der Waals surface area contributed by atoms with E-state index in [1.165, 1.54) is 4.31 Å². The van der Waals surface area contributed by atoms with Crippen molar-refractivity contribution >= 4 is 15.9 Å². The highest BCUT2D eigenvalue weighted by Gasteiger charge is 2.30. The van der Waals surface area contributed by atoms with Crippen molar-refractivity contribution in [1.82, 2.24) is 9.62 Å². The average molecular weight is 387 g/mol. The highest BCUT2D eigenvalue weighted by Crippen LogP contribution is 2.21. The molecule has 0 bridgehead atoms. The van der Waals surface area contributed by atoms with Gasteiger partial charge in [0.25, 0.3) is 5.91 Å². The number of benzene rings is 2. The Hall–Kier alpha value is -2.18. The van der Waals surface area contributed by atoms with Crippen molar-refractivity contribution < 1.29 is 13.2 Å². The molecule has 6 heteroatoms. The minimum absolute atomic E-state index is 0.0106. The third-order valence-electron chi connectivity index (χ3n) is 5.22. The maximum atomic E-state index is 12.8. The zero-order valence-electron chi connectivity index (χ0n) is 16.0. The molecule has 1 saturated heterocycles. The summed E-state index contributed by atoms with van der Waals surface area (Å²) in [5, 5.41) is 3.04. The van der Waals surface area contributed by atoms with Crippen molar-refractivity contribution in [3.8, 4) is 0 Å². The van der Waals surface area contributed by atoms with Crippen LogP contribution in [0, 0.1) is 20.8 Å². The van der Waals surface area contributed by atoms with Crippen LogP contribution in [0.25, 0.3) is 0 Å². The Labute approximate surface area is 161 Å². The Bertz CT molecular complexity index is 928. The van der Waals surface area contributed by atoms with Crippen LogP contribution < -0.4 is 5.32 Å². The third-order valence-corrected chi connectivity index (χ3v) is 7.13. The quantitative estimate of drug-likeness (QED) is 0.877. The van der Waals surface area contributed by atoms with E-state index < -0.39 is 10.0 Å². The largest absolute Gasteiger partial charge is 0.349 e. The number of nitrogens with one attached hydrogen (secondary N) is 1. The van der Waals surface area contributed by atoms with Gasteiger partial charge in [0.1, 0.15) is 0 Å². The second-order valence-corrected chi connectivity index (χ2v) is 9.20. The molecule has 0 radical (unpaired) electrons. The molecule has 2 aromatic carbocycles. The zero-order valence-corrected chi connectivity index (χ0v) is 16.8. The van der Waals surface area contributed by atoms with Crippen LogP contribution in [0.2, 0.25) is 0 Å². The highest BCUT2D eigenvalue weighted by molar-refractivity contribution is 7.89. The van der Waals surface area contributed by atoms with E-state index in [1.54, 1.807) is 12.1 Å². The van der Waals surface area contributed by atoms with Gasteiger partial charge in [0, 0.05) is 24.7 Å². The van der Waals surface area contributed by atoms with Crippen LogP contribution >= 0.6 is 0 Å². The first-order valence-corrected chi connectivity index (χ1v) is 10.7. The van der Waals surface area contributed by atoms with Gasteiger partial charge in [-0.15, -0.1) is 0 Å². The maximum Gasteiger partial charge on any atom is 0.251 e. The molecule has 1 aliphatic heterocycles. The van der Waals surface area contributed by atoms with Crippen LogP contribution in [-0.2, 0) is 10.0 Å². The van der Waals surface area contributed by atoms with E-state index >= 15 is 0 Å². The number of aryl methyl sites for hydroxylation is 3. The molecule has 1 N–H and O–H groups in total. The zero-order chi connectivity index (χ0) is 19.6. The maximum absolute atomic E-state index is 12.8. The number of hydrogen-bond donors (Lipinski definition) is 1. The highest BCUT2D eigenvalue weighted by atomic mass is 32.2. The second-order valence-electron chi connectivity index (χ2n) is 7.26. The van der Waals surface area contributed by atoms with Gasteiger partial charge in [-0.2, -0.15) is 4.31 Å². The molecular formula is C21H26N2O3S. The summed E-state index contributed by atoms with van der Waals surface area (Å²) < 4.78 is 27.0. The van der Waals surface area contributed by atoms with Crippen molar-refractivity contribution in [2.75, 3.05) is 13.1 Å². The Morgan fingerprint density at radius 1 is 0.963 bits per heavy atom. The Morgan fingerprint density at radius 2 is 1.59 bits per heavy atom. The molecule has 27 heavy (non-hydrogen) atoms. The molecule has 3 rings (SSSR count). The topological polar surface area (TPSA) is 66.5 Å². The van der Waals surface area contributed by atoms with Gasteiger partial charge in [0.2, 0.25) is 10.0 Å². The molecule has 0 atom stereocenters. The summed E-state index contributed by atoms with van der Waals surface area (Å²) in [6.45, 7) is 6.75. The predicted molar refractivity (Wildman–Crippen MR) is 106 cm³/mol. The molecule has 144 valence electrons. The molecular weight excluding hydrogens is 360 g/mol. The summed E-state index contributed by atoms with van der Waals surface area (Å²) in [7, 11) is -3.47. The monoisotopic (exact) mass is 386 g/mol. The van der Waals surface area contributed by atoms with Crippen LogP contribution in [-0.4, -0.2) is 37.8 Å². The van der Waals surface area contributed by atoms with Gasteiger partial charge in [0.05, 0.1) is 4.90 Å². The summed E-state index contributed by atoms with van der Waals surface area (Å²) >= 11 is 0. The van der Waals surface area contributed by atoms with Crippen molar-refractivity contribution in [1.29, 1.82) is 0 Å². The van der Waals surface area contributed by atoms with Gasteiger partial charge in [-0.25, -0.2) is 8.42 Å². The lowest BCUT2D eigenvalue weighted by Crippen LogP contribution is -2.46. The van der Waals surface area contributed by atoms with E-state index in [1.807, 2.05) is 51.1 Å². The summed E-state index contributed by atoms with van der Waals surface area (Å²) in [5.74, 6) is -0.0991. The lowest BCUT2D eigenvalue weighted by atomic mass is 10.0. The Balaban J connectivity index is 1.60. The molecule has 1 amide bonds. The number of amides is 1. The van der Waals surface area contributed by atoms with Gasteiger partial charge >= 0.3 is 0 Å². The van der Waals surface area contributed by atoms with Crippen LogP contribution in [0.5, 0.6) is 0 Å². The van der Waals surface area contributed by atoms with Crippen molar-refractivity contribution in [2.24, 2.45) is 0 Å². The smallest absolute Gasteiger partial charge is 0.251 e. The van der Waals surface area contributed by atoms with Crippen LogP contribution in [0.15, 0.2) is 47.4 Å². The van der Waals surface area contributed by atoms with Gasteiger partial charge < -0.3 is 5.32 Å². The van der Waals surface area contributed by atoms with Crippen molar-refractivity contribution in [3.63, 3.8) is 0 Å². The SMILES string of the molecule is Cc1ccc(S(=O)(=O)N2CCC(NC(=O)c3ccc(C)c(C)c3)CC2)cc1. The van der Waals surface area contributed by atoms with Gasteiger partial charge in [0.15, 0.2) is 0 Å². The molecule has 1 fully saturated rings. The molecule has 1 aliphatic rings. The number of rotatable bonds is 4. The van der Waals surface area contributed by atoms with Crippen molar-refractivity contribution in [3.05, 3.63) is 64.7 Å². The van der Waals surface area contributed by atoms with E-state index in [0.29, 0.717) is 36.4 Å². The fourth-order valence-corrected chi connectivity index (χ4v) is 4.72. The van der Waals surface area contributed by atoms with Gasteiger partial charge in [-0.05, 0) is 69.0 Å². The number of nitrogens with zero attached hydrogens (tertiary/aromatic N) is 1. The summed E-state index contributed by atoms with van der Waals surface area (Å²) in [4.78, 5) is 12.8. The fraction of sp³-hybridized carbons (Fsp3) is 0.381. The van der Waals surface area contributed by atoms with Gasteiger partial charge in [-0.1, -0.05) is 23.8 Å². The molecule has 0 unspecified atom stereocenters. The first-order valence-electron chi connectivity index (χ1n) is 9.22. The van der Waals surface area contributed by atoms with E-state index in [-0.39, 0.29) is 11.9 Å². The number of carbonyl (C=O) groups is 1. The van der Waals surface area contributed by atoms with E-state index in [0.717, 1.165) is 16.7 Å². The molecule has 0 spiro atoms. The molecule has 1 heterocycles. The number of carbonyl (C=O) groups excluding carboxylic acids is 1. The number of piperidine rings is 1. The number of hydrogen-bond acceptors (Lipinski definition) is 3. The van der Waals surface area contributed by atoms with Crippen molar-refractivity contribution in [2.45, 2.75) is 44.6 Å². The molecule has 0 saturated carbocycles. The minimum atomic E-state index is -3.47. The molecule has 0 aliphatic carbocycles. The molecule has 5 nitrogen and oxygen atoms in total. The van der Waals surface area contributed by atoms with E-state index in [9.17, 15) is 13.2 Å². The fourth-order valence-electron chi connectivity index (χ4n) is 3.25. The predicted octanol–water partition coefficient (Wildman–Crippen LogP) is 3.19. The van der Waals surface area contributed by atoms with Crippen LogP contribution in [0.4, 0.5) is 0 Å². The summed E-state index contributed by atoms with van der Waals surface area (Å²) in [6, 6.07) is 12.6. The first kappa shape index (κ1) is 19.6. The van der Waals surface area contributed by atoms with Gasteiger partial charge in [-0.3, -0.25) is 4.79 Å². The Morgan fingerprint density at radius 3 is 2.19 bits per heavy atom. The first-order chi connectivity index (χ1) is 12.8. The van der Waals surface area contributed by atoms with E-state index in [4.69, 9.17) is 0 Å². The lowest BCUT2D eigenvalue weighted by Gasteiger charge is -2.31. The van der Waals surface area contributed by atoms with Crippen LogP contribution in [0.3, 0.4) is 0 Å². The lowest BCUT2D eigenvalue weighted by molar-refractivity contribution is 0.0923. The normalized spacial score (nSPS) is 16.3. The van der Waals surface area contributed by atoms with Crippen LogP contribution in [0.1, 0.15) is 39.9 Å². The number of sulfonamides is 1. The van der Waals surface area contributed by atoms with E-state index in [2.05, 4.69) is 5.32 Å². The Kier molecular flexibility index (Phi) is 5.67. The molecule has 2 aromatic rings. The summed E-state index contributed by atoms with van der Waals surface area (Å²) in [6.07, 6.45) is 1.23.